The SMILES string of the molecule is Cn1ncc2cc(CN)c(Cl)nc21. The average molecular weight is 197 g/mol. The number of nitrogens with two attached hydrogens (primary N) is 1. The van der Waals surface area contributed by atoms with Crippen molar-refractivity contribution in [1.29, 1.82) is 0 Å². The fraction of sp³-hybridized carbons (Fsp3) is 0.250. The highest BCUT2D eigenvalue weighted by atomic mass is 35.5. The summed E-state index contributed by atoms with van der Waals surface area (Å²) in [4.78, 5) is 4.19. The van der Waals surface area contributed by atoms with Gasteiger partial charge in [0, 0.05) is 24.5 Å². The van der Waals surface area contributed by atoms with Crippen molar-refractivity contribution >= 4 is 22.6 Å². The maximum Gasteiger partial charge on any atom is 0.159 e. The van der Waals surface area contributed by atoms with E-state index in [0.29, 0.717) is 11.7 Å². The molecule has 0 fully saturated rings. The van der Waals surface area contributed by atoms with Gasteiger partial charge in [0.25, 0.3) is 0 Å². The summed E-state index contributed by atoms with van der Waals surface area (Å²) in [6, 6.07) is 1.91. The first-order valence-electron chi connectivity index (χ1n) is 3.89. The standard InChI is InChI=1S/C8H9ClN4/c1-13-8-6(4-11-13)2-5(3-10)7(9)12-8/h2,4H,3,10H2,1H3. The fourth-order valence-corrected chi connectivity index (χ4v) is 1.45. The Balaban J connectivity index is 2.76. The molecule has 2 aromatic heterocycles. The summed E-state index contributed by atoms with van der Waals surface area (Å²) in [6.45, 7) is 0.399. The molecule has 0 radical (unpaired) electrons. The molecule has 4 nitrogen and oxygen atoms in total. The van der Waals surface area contributed by atoms with Crippen molar-refractivity contribution in [1.82, 2.24) is 14.8 Å². The van der Waals surface area contributed by atoms with E-state index >= 15 is 0 Å². The van der Waals surface area contributed by atoms with Crippen LogP contribution in [0.25, 0.3) is 11.0 Å². The highest BCUT2D eigenvalue weighted by molar-refractivity contribution is 6.30. The van der Waals surface area contributed by atoms with Gasteiger partial charge in [0.1, 0.15) is 5.15 Å². The van der Waals surface area contributed by atoms with Gasteiger partial charge in [-0.2, -0.15) is 5.10 Å². The lowest BCUT2D eigenvalue weighted by Crippen LogP contribution is -1.99. The van der Waals surface area contributed by atoms with Gasteiger partial charge in [-0.3, -0.25) is 4.68 Å². The van der Waals surface area contributed by atoms with Crippen LogP contribution in [-0.2, 0) is 13.6 Å². The number of halogens is 1. The smallest absolute Gasteiger partial charge is 0.159 e. The molecule has 0 spiro atoms. The van der Waals surface area contributed by atoms with Gasteiger partial charge in [-0.15, -0.1) is 0 Å². The van der Waals surface area contributed by atoms with Gasteiger partial charge in [0.05, 0.1) is 6.20 Å². The molecule has 0 saturated carbocycles. The third kappa shape index (κ3) is 1.28. The summed E-state index contributed by atoms with van der Waals surface area (Å²) >= 11 is 5.90. The Bertz CT molecular complexity index is 449. The van der Waals surface area contributed by atoms with Crippen LogP contribution in [0.1, 0.15) is 5.56 Å². The summed E-state index contributed by atoms with van der Waals surface area (Å²) in [5, 5.41) is 5.49. The third-order valence-corrected chi connectivity index (χ3v) is 2.28. The number of rotatable bonds is 1. The Hall–Kier alpha value is -1.13. The minimum Gasteiger partial charge on any atom is -0.326 e. The highest BCUT2D eigenvalue weighted by Gasteiger charge is 2.06. The van der Waals surface area contributed by atoms with Crippen LogP contribution < -0.4 is 5.73 Å². The molecule has 0 atom stereocenters. The van der Waals surface area contributed by atoms with Gasteiger partial charge in [0.2, 0.25) is 0 Å². The predicted molar refractivity (Wildman–Crippen MR) is 51.4 cm³/mol. The van der Waals surface area contributed by atoms with E-state index in [9.17, 15) is 0 Å². The molecule has 2 N–H and O–H groups in total. The quantitative estimate of drug-likeness (QED) is 0.695. The Morgan fingerprint density at radius 2 is 2.38 bits per heavy atom. The van der Waals surface area contributed by atoms with Gasteiger partial charge in [-0.25, -0.2) is 4.98 Å². The zero-order valence-corrected chi connectivity index (χ0v) is 7.91. The first-order chi connectivity index (χ1) is 6.22. The van der Waals surface area contributed by atoms with E-state index in [0.717, 1.165) is 16.6 Å². The van der Waals surface area contributed by atoms with Crippen molar-refractivity contribution in [2.75, 3.05) is 0 Å². The summed E-state index contributed by atoms with van der Waals surface area (Å²) in [5.41, 5.74) is 7.13. The lowest BCUT2D eigenvalue weighted by Gasteiger charge is -2.00. The zero-order valence-electron chi connectivity index (χ0n) is 7.16. The van der Waals surface area contributed by atoms with Crippen molar-refractivity contribution < 1.29 is 0 Å². The third-order valence-electron chi connectivity index (χ3n) is 1.95. The molecule has 0 aromatic carbocycles. The van der Waals surface area contributed by atoms with Crippen LogP contribution in [0, 0.1) is 0 Å². The largest absolute Gasteiger partial charge is 0.326 e. The normalized spacial score (nSPS) is 11.0. The van der Waals surface area contributed by atoms with Crippen molar-refractivity contribution in [3.05, 3.63) is 23.0 Å². The van der Waals surface area contributed by atoms with Crippen LogP contribution in [0.4, 0.5) is 0 Å². The molecule has 5 heteroatoms. The second kappa shape index (κ2) is 2.97. The van der Waals surface area contributed by atoms with E-state index in [-0.39, 0.29) is 0 Å². The second-order valence-electron chi connectivity index (χ2n) is 2.82. The first-order valence-corrected chi connectivity index (χ1v) is 4.27. The Labute approximate surface area is 80.3 Å². The van der Waals surface area contributed by atoms with Crippen LogP contribution >= 0.6 is 11.6 Å². The Kier molecular flexibility index (Phi) is 1.94. The molecule has 0 unspecified atom stereocenters. The van der Waals surface area contributed by atoms with Crippen LogP contribution in [0.5, 0.6) is 0 Å². The minimum absolute atomic E-state index is 0.399. The van der Waals surface area contributed by atoms with Gasteiger partial charge in [-0.1, -0.05) is 11.6 Å². The van der Waals surface area contributed by atoms with E-state index < -0.39 is 0 Å². The molecule has 0 saturated heterocycles. The van der Waals surface area contributed by atoms with Crippen LogP contribution in [-0.4, -0.2) is 14.8 Å². The average Bonchev–Trinajstić information content (AvgIpc) is 2.47. The van der Waals surface area contributed by atoms with E-state index in [1.54, 1.807) is 10.9 Å². The minimum atomic E-state index is 0.399. The van der Waals surface area contributed by atoms with Crippen molar-refractivity contribution in [2.24, 2.45) is 12.8 Å². The fourth-order valence-electron chi connectivity index (χ4n) is 1.24. The van der Waals surface area contributed by atoms with Crippen LogP contribution in [0.3, 0.4) is 0 Å². The van der Waals surface area contributed by atoms with Crippen LogP contribution in [0.15, 0.2) is 12.3 Å². The topological polar surface area (TPSA) is 56.7 Å². The molecule has 0 bridgehead atoms. The van der Waals surface area contributed by atoms with Gasteiger partial charge in [-0.05, 0) is 6.07 Å². The van der Waals surface area contributed by atoms with Gasteiger partial charge < -0.3 is 5.73 Å². The molecular weight excluding hydrogens is 188 g/mol. The predicted octanol–water partition coefficient (Wildman–Crippen LogP) is 1.08. The molecule has 2 heterocycles. The van der Waals surface area contributed by atoms with E-state index in [2.05, 4.69) is 10.1 Å². The molecule has 0 amide bonds. The Morgan fingerprint density at radius 1 is 1.62 bits per heavy atom. The number of hydrogen-bond donors (Lipinski definition) is 1. The van der Waals surface area contributed by atoms with Crippen molar-refractivity contribution in [3.63, 3.8) is 0 Å². The highest BCUT2D eigenvalue weighted by Crippen LogP contribution is 2.19. The van der Waals surface area contributed by atoms with E-state index in [4.69, 9.17) is 17.3 Å². The number of hydrogen-bond acceptors (Lipinski definition) is 3. The molecule has 2 aromatic rings. The van der Waals surface area contributed by atoms with Crippen molar-refractivity contribution in [3.8, 4) is 0 Å². The Morgan fingerprint density at radius 3 is 3.08 bits per heavy atom. The maximum absolute atomic E-state index is 5.90. The number of fused-ring (bicyclic) bond motifs is 1. The molecule has 68 valence electrons. The van der Waals surface area contributed by atoms with Gasteiger partial charge >= 0.3 is 0 Å². The number of nitrogens with zero attached hydrogens (tertiary/aromatic N) is 3. The maximum atomic E-state index is 5.90. The number of pyridine rings is 1. The van der Waals surface area contributed by atoms with Crippen LogP contribution in [0.2, 0.25) is 5.15 Å². The first kappa shape index (κ1) is 8.47. The molecular formula is C8H9ClN4. The summed E-state index contributed by atoms with van der Waals surface area (Å²) in [5.74, 6) is 0. The molecule has 13 heavy (non-hydrogen) atoms. The summed E-state index contributed by atoms with van der Waals surface area (Å²) in [6.07, 6.45) is 1.75. The summed E-state index contributed by atoms with van der Waals surface area (Å²) in [7, 11) is 1.83. The zero-order chi connectivity index (χ0) is 9.42. The lowest BCUT2D eigenvalue weighted by molar-refractivity contribution is 0.786. The second-order valence-corrected chi connectivity index (χ2v) is 3.18. The molecule has 0 aliphatic carbocycles. The van der Waals surface area contributed by atoms with Crippen molar-refractivity contribution in [2.45, 2.75) is 6.54 Å². The molecule has 0 aliphatic rings. The lowest BCUT2D eigenvalue weighted by atomic mass is 10.2. The molecule has 2 rings (SSSR count). The molecule has 0 aliphatic heterocycles. The number of aryl methyl sites for hydroxylation is 1. The van der Waals surface area contributed by atoms with E-state index in [1.165, 1.54) is 0 Å². The van der Waals surface area contributed by atoms with E-state index in [1.807, 2.05) is 13.1 Å². The van der Waals surface area contributed by atoms with Gasteiger partial charge in [0.15, 0.2) is 5.65 Å². The number of aromatic nitrogens is 3. The monoisotopic (exact) mass is 196 g/mol. The summed E-state index contributed by atoms with van der Waals surface area (Å²) < 4.78 is 1.68.